The number of amides is 3. The number of nitrogens with one attached hydrogen (secondary N) is 2. The Morgan fingerprint density at radius 3 is 2.56 bits per heavy atom. The standard InChI is InChI=1S/C57H60N8O6S/c1-34-40(41-22-24-50(59-53(41)56(69)70)65-30-27-36-10-7-12-42(45(36)33-65)54(67)61-57-58-46-13-3-4-15-49(46)72-57)11-8-14-48(34)71-39-19-16-35(17-20-39)9-5-6-28-64-29-26-38(32-64)37-18-21-43-47(31-37)63(2)62-52(43)44-23-25-51(66)60-55(44)68/h3-4,7-8,10-15,18,21-22,24,31,35,38-39,44H,5-6,9,16-17,19-20,23,25-30,32-33H2,1-2H3,(H,69,70)(H,58,61,67)(H,60,66,68)/t35?,38-,39?,44?/m1/s1. The average molecular weight is 985 g/mol. The molecule has 6 heterocycles. The van der Waals surface area contributed by atoms with E-state index < -0.39 is 11.9 Å². The molecule has 370 valence electrons. The monoisotopic (exact) mass is 984 g/mol. The normalized spacial score (nSPS) is 20.4. The van der Waals surface area contributed by atoms with Crippen LogP contribution in [0.15, 0.2) is 91.0 Å². The molecule has 0 spiro atoms. The highest BCUT2D eigenvalue weighted by molar-refractivity contribution is 7.22. The number of hydrogen-bond acceptors (Lipinski definition) is 11. The molecule has 7 aromatic rings. The van der Waals surface area contributed by atoms with Gasteiger partial charge < -0.3 is 19.6 Å². The lowest BCUT2D eigenvalue weighted by atomic mass is 9.84. The largest absolute Gasteiger partial charge is 0.490 e. The minimum atomic E-state index is -1.10. The van der Waals surface area contributed by atoms with Gasteiger partial charge in [-0.25, -0.2) is 14.8 Å². The second kappa shape index (κ2) is 20.3. The van der Waals surface area contributed by atoms with Crippen molar-refractivity contribution in [1.82, 2.24) is 30.0 Å². The van der Waals surface area contributed by atoms with Crippen molar-refractivity contribution in [2.45, 2.75) is 102 Å². The van der Waals surface area contributed by atoms with Crippen molar-refractivity contribution in [2.75, 3.05) is 36.4 Å². The van der Waals surface area contributed by atoms with E-state index in [1.54, 1.807) is 0 Å². The molecule has 3 fully saturated rings. The van der Waals surface area contributed by atoms with Crippen LogP contribution in [0.4, 0.5) is 10.9 Å². The van der Waals surface area contributed by atoms with Gasteiger partial charge in [-0.3, -0.25) is 29.7 Å². The van der Waals surface area contributed by atoms with Gasteiger partial charge in [0.2, 0.25) is 11.8 Å². The molecule has 0 bridgehead atoms. The summed E-state index contributed by atoms with van der Waals surface area (Å²) in [5, 5.41) is 22.3. The van der Waals surface area contributed by atoms with Crippen molar-refractivity contribution in [1.29, 1.82) is 0 Å². The van der Waals surface area contributed by atoms with E-state index >= 15 is 0 Å². The zero-order valence-corrected chi connectivity index (χ0v) is 41.7. The third-order valence-corrected chi connectivity index (χ3v) is 16.6. The molecule has 0 radical (unpaired) electrons. The van der Waals surface area contributed by atoms with Crippen molar-refractivity contribution < 1.29 is 29.0 Å². The maximum atomic E-state index is 13.7. The van der Waals surface area contributed by atoms with Crippen LogP contribution in [-0.2, 0) is 29.6 Å². The first-order valence-corrected chi connectivity index (χ1v) is 26.4. The molecule has 14 nitrogen and oxygen atoms in total. The number of carboxylic acids is 1. The summed E-state index contributed by atoms with van der Waals surface area (Å²) in [7, 11) is 1.93. The maximum Gasteiger partial charge on any atom is 0.355 e. The Hall–Kier alpha value is -6.97. The molecule has 3 aliphatic heterocycles. The van der Waals surface area contributed by atoms with Crippen LogP contribution in [0.5, 0.6) is 5.75 Å². The van der Waals surface area contributed by atoms with E-state index in [9.17, 15) is 24.3 Å². The number of carboxylic acid groups (broad SMARTS) is 1. The lowest BCUT2D eigenvalue weighted by molar-refractivity contribution is -0.134. The second-order valence-corrected chi connectivity index (χ2v) is 21.2. The number of nitrogens with zero attached hydrogens (tertiary/aromatic N) is 6. The Bertz CT molecular complexity index is 3200. The first-order valence-electron chi connectivity index (χ1n) is 25.6. The highest BCUT2D eigenvalue weighted by Crippen LogP contribution is 2.39. The number of ether oxygens (including phenoxy) is 1. The molecule has 2 saturated heterocycles. The summed E-state index contributed by atoms with van der Waals surface area (Å²) in [4.78, 5) is 64.9. The fourth-order valence-corrected chi connectivity index (χ4v) is 12.5. The van der Waals surface area contributed by atoms with Gasteiger partial charge in [-0.05, 0) is 153 Å². The lowest BCUT2D eigenvalue weighted by Gasteiger charge is -2.31. The molecule has 1 saturated carbocycles. The van der Waals surface area contributed by atoms with Crippen LogP contribution in [0.25, 0.3) is 32.2 Å². The molecule has 4 aromatic carbocycles. The smallest absolute Gasteiger partial charge is 0.355 e. The molecule has 72 heavy (non-hydrogen) atoms. The van der Waals surface area contributed by atoms with E-state index in [4.69, 9.17) is 14.8 Å². The van der Waals surface area contributed by atoms with Gasteiger partial charge in [0.15, 0.2) is 10.8 Å². The molecule has 3 amide bonds. The van der Waals surface area contributed by atoms with Gasteiger partial charge in [-0.15, -0.1) is 0 Å². The number of hydrogen-bond donors (Lipinski definition) is 3. The molecule has 4 aliphatic rings. The first-order chi connectivity index (χ1) is 35.0. The number of rotatable bonds is 14. The summed E-state index contributed by atoms with van der Waals surface area (Å²) in [5.41, 5.74) is 8.72. The second-order valence-electron chi connectivity index (χ2n) is 20.2. The quantitative estimate of drug-likeness (QED) is 0.0700. The van der Waals surface area contributed by atoms with Gasteiger partial charge in [0.05, 0.1) is 33.4 Å². The van der Waals surface area contributed by atoms with E-state index in [0.29, 0.717) is 66.3 Å². The van der Waals surface area contributed by atoms with E-state index in [0.717, 1.165) is 107 Å². The van der Waals surface area contributed by atoms with E-state index in [1.165, 1.54) is 36.2 Å². The number of aromatic carboxylic acids is 1. The molecule has 3 aromatic heterocycles. The van der Waals surface area contributed by atoms with Gasteiger partial charge in [-0.1, -0.05) is 72.7 Å². The number of pyridine rings is 1. The molecule has 11 rings (SSSR count). The van der Waals surface area contributed by atoms with Crippen molar-refractivity contribution >= 4 is 67.1 Å². The van der Waals surface area contributed by atoms with Gasteiger partial charge in [0, 0.05) is 49.6 Å². The SMILES string of the molecule is Cc1c(OC2CCC(CCCCN3CC[C@@H](c4ccc5c(C6CCC(=O)NC6=O)nn(C)c5c4)C3)CC2)cccc1-c1ccc(N2CCc3cccc(C(=O)Nc4nc5ccccc5s4)c3C2)nc1C(=O)O. The van der Waals surface area contributed by atoms with Crippen LogP contribution in [0.3, 0.4) is 0 Å². The number of para-hydroxylation sites is 1. The van der Waals surface area contributed by atoms with Crippen molar-refractivity contribution in [3.63, 3.8) is 0 Å². The number of aryl methyl sites for hydroxylation is 1. The Labute approximate surface area is 422 Å². The van der Waals surface area contributed by atoms with Crippen molar-refractivity contribution in [3.05, 3.63) is 130 Å². The van der Waals surface area contributed by atoms with E-state index in [1.807, 2.05) is 85.4 Å². The number of carbonyl (C=O) groups is 4. The average Bonchev–Trinajstić information content (AvgIpc) is 4.12. The van der Waals surface area contributed by atoms with E-state index in [-0.39, 0.29) is 29.5 Å². The Kier molecular flexibility index (Phi) is 13.3. The number of aromatic nitrogens is 4. The third kappa shape index (κ3) is 9.71. The minimum absolute atomic E-state index is 0.0171. The Balaban J connectivity index is 0.662. The van der Waals surface area contributed by atoms with E-state index in [2.05, 4.69) is 49.7 Å². The zero-order chi connectivity index (χ0) is 49.5. The zero-order valence-electron chi connectivity index (χ0n) is 40.9. The van der Waals surface area contributed by atoms with Crippen molar-refractivity contribution in [2.24, 2.45) is 13.0 Å². The number of benzene rings is 4. The lowest BCUT2D eigenvalue weighted by Crippen LogP contribution is -2.39. The highest BCUT2D eigenvalue weighted by atomic mass is 32.1. The number of imide groups is 1. The topological polar surface area (TPSA) is 172 Å². The fourth-order valence-electron chi connectivity index (χ4n) is 11.7. The number of anilines is 2. The predicted molar refractivity (Wildman–Crippen MR) is 280 cm³/mol. The minimum Gasteiger partial charge on any atom is -0.490 e. The van der Waals surface area contributed by atoms with Crippen LogP contribution in [0.1, 0.15) is 125 Å². The molecular weight excluding hydrogens is 925 g/mol. The van der Waals surface area contributed by atoms with Gasteiger partial charge >= 0.3 is 5.97 Å². The number of unbranched alkanes of at least 4 members (excludes halogenated alkanes) is 1. The van der Waals surface area contributed by atoms with Crippen LogP contribution < -0.4 is 20.3 Å². The highest BCUT2D eigenvalue weighted by Gasteiger charge is 2.33. The molecule has 1 aliphatic carbocycles. The van der Waals surface area contributed by atoms with Crippen LogP contribution in [-0.4, -0.2) is 85.7 Å². The summed E-state index contributed by atoms with van der Waals surface area (Å²) in [5.74, 6) is 0.315. The Morgan fingerprint density at radius 1 is 0.875 bits per heavy atom. The number of thiazole rings is 1. The maximum absolute atomic E-state index is 13.7. The van der Waals surface area contributed by atoms with Crippen molar-refractivity contribution in [3.8, 4) is 16.9 Å². The molecule has 2 atom stereocenters. The van der Waals surface area contributed by atoms with Crippen LogP contribution >= 0.6 is 11.3 Å². The van der Waals surface area contributed by atoms with Gasteiger partial charge in [0.1, 0.15) is 11.6 Å². The molecule has 1 unspecified atom stereocenters. The molecule has 3 N–H and O–H groups in total. The molecular formula is C57H60N8O6S. The summed E-state index contributed by atoms with van der Waals surface area (Å²) < 4.78 is 9.57. The molecule has 15 heteroatoms. The first kappa shape index (κ1) is 47.4. The summed E-state index contributed by atoms with van der Waals surface area (Å²) in [6.45, 7) is 6.32. The summed E-state index contributed by atoms with van der Waals surface area (Å²) in [6.07, 6.45) is 10.7. The number of likely N-dealkylation sites (tertiary alicyclic amines) is 1. The number of carbonyl (C=O) groups excluding carboxylic acids is 3. The summed E-state index contributed by atoms with van der Waals surface area (Å²) >= 11 is 1.44. The number of piperidine rings is 1. The van der Waals surface area contributed by atoms with Gasteiger partial charge in [-0.2, -0.15) is 5.10 Å². The summed E-state index contributed by atoms with van der Waals surface area (Å²) in [6, 6.07) is 29.8. The third-order valence-electron chi connectivity index (χ3n) is 15.7. The number of fused-ring (bicyclic) bond motifs is 3. The predicted octanol–water partition coefficient (Wildman–Crippen LogP) is 10.2. The van der Waals surface area contributed by atoms with Crippen LogP contribution in [0, 0.1) is 12.8 Å². The fraction of sp³-hybridized carbons (Fsp3) is 0.386. The Morgan fingerprint density at radius 2 is 1.72 bits per heavy atom. The van der Waals surface area contributed by atoms with Gasteiger partial charge in [0.25, 0.3) is 5.91 Å². The van der Waals surface area contributed by atoms with Crippen LogP contribution in [0.2, 0.25) is 0 Å².